The van der Waals surface area contributed by atoms with Crippen molar-refractivity contribution < 1.29 is 48.0 Å². The van der Waals surface area contributed by atoms with Crippen molar-refractivity contribution in [2.45, 2.75) is 153 Å². The smallest absolute Gasteiger partial charge is 0.411 e. The lowest BCUT2D eigenvalue weighted by Crippen LogP contribution is -2.72. The van der Waals surface area contributed by atoms with Crippen LogP contribution in [0.15, 0.2) is 24.3 Å². The molecule has 11 rings (SSSR count). The third-order valence-corrected chi connectivity index (χ3v) is 14.9. The number of hydrogen-bond donors (Lipinski definition) is 1. The number of carbonyl (C=O) groups excluding carboxylic acids is 1. The molecule has 1 aromatic carbocycles. The van der Waals surface area contributed by atoms with Gasteiger partial charge in [0.2, 0.25) is 11.6 Å². The van der Waals surface area contributed by atoms with Crippen LogP contribution in [0.25, 0.3) is 0 Å². The summed E-state index contributed by atoms with van der Waals surface area (Å²) < 4.78 is 33.9. The minimum absolute atomic E-state index is 0.0409. The maximum absolute atomic E-state index is 13.8. The first-order valence-corrected chi connectivity index (χ1v) is 19.9. The van der Waals surface area contributed by atoms with E-state index in [9.17, 15) is 4.79 Å². The third-order valence-electron chi connectivity index (χ3n) is 14.7. The largest absolute Gasteiger partial charge is 0.443 e. The summed E-state index contributed by atoms with van der Waals surface area (Å²) >= 11 is 6.26. The number of ether oxygens (including phenoxy) is 5. The molecule has 8 aliphatic heterocycles. The van der Waals surface area contributed by atoms with Crippen LogP contribution in [0.5, 0.6) is 0 Å². The van der Waals surface area contributed by atoms with Crippen molar-refractivity contribution in [2.75, 3.05) is 5.32 Å². The van der Waals surface area contributed by atoms with E-state index in [0.29, 0.717) is 29.0 Å². The topological polar surface area (TPSA) is 112 Å². The number of nitrogens with one attached hydrogen (secondary N) is 1. The van der Waals surface area contributed by atoms with Crippen LogP contribution in [-0.4, -0.2) is 59.8 Å². The van der Waals surface area contributed by atoms with Gasteiger partial charge in [0.05, 0.1) is 6.10 Å². The Bertz CT molecular complexity index is 1520. The molecule has 10 fully saturated rings. The Morgan fingerprint density at radius 2 is 1.39 bits per heavy atom. The van der Waals surface area contributed by atoms with Crippen LogP contribution in [0.1, 0.15) is 99.3 Å². The van der Waals surface area contributed by atoms with Gasteiger partial charge in [-0.25, -0.2) is 24.3 Å². The van der Waals surface area contributed by atoms with Gasteiger partial charge in [0.25, 0.3) is 0 Å². The van der Waals surface area contributed by atoms with E-state index in [4.69, 9.17) is 54.8 Å². The minimum atomic E-state index is -0.915. The standard InChI is InChI=1S/C39H54ClNO10/c1-20-10-12-28-22(3)30(43-33-38(28)26(20)14-16-36(5,46-33)48-50-38)19-31(44-35(42)41-25-9-7-8-24(40)18-25)32-23(4)29-13-11-21(2)27-15-17-37(6)47-34(45-32)39(27,29)51-49-37/h7-9,18,20-23,26-34H,10-17,19H2,1-6H3,(H,41,42)/t20-,21-,22-,23-,26+,27+,28+,29+,30-,31+,32+,33-,34-,36+,37+,38-,39-/m1/s1. The van der Waals surface area contributed by atoms with Crippen molar-refractivity contribution in [2.24, 2.45) is 47.3 Å². The van der Waals surface area contributed by atoms with Gasteiger partial charge in [-0.2, -0.15) is 0 Å². The number of amides is 1. The van der Waals surface area contributed by atoms with Gasteiger partial charge in [0.15, 0.2) is 23.8 Å². The molecule has 12 heteroatoms. The first kappa shape index (κ1) is 35.2. The molecule has 0 unspecified atom stereocenters. The molecule has 1 aromatic rings. The number of hydrogen-bond acceptors (Lipinski definition) is 10. The number of benzene rings is 1. The van der Waals surface area contributed by atoms with Crippen molar-refractivity contribution in [1.82, 2.24) is 0 Å². The van der Waals surface area contributed by atoms with E-state index in [1.807, 2.05) is 13.8 Å². The number of halogens is 1. The Labute approximate surface area is 305 Å². The number of fused-ring (bicyclic) bond motifs is 4. The molecule has 1 N–H and O–H groups in total. The zero-order chi connectivity index (χ0) is 35.5. The average molecular weight is 732 g/mol. The molecular weight excluding hydrogens is 678 g/mol. The molecule has 282 valence electrons. The van der Waals surface area contributed by atoms with E-state index in [2.05, 4.69) is 33.0 Å². The van der Waals surface area contributed by atoms with Crippen LogP contribution in [0.4, 0.5) is 10.5 Å². The second-order valence-electron chi connectivity index (χ2n) is 17.6. The molecule has 2 saturated carbocycles. The predicted octanol–water partition coefficient (Wildman–Crippen LogP) is 8.15. The fourth-order valence-corrected chi connectivity index (χ4v) is 12.1. The van der Waals surface area contributed by atoms with Crippen LogP contribution in [0, 0.1) is 47.3 Å². The van der Waals surface area contributed by atoms with Crippen molar-refractivity contribution in [1.29, 1.82) is 0 Å². The molecule has 17 atom stereocenters. The molecule has 1 amide bonds. The number of carbonyl (C=O) groups is 1. The lowest BCUT2D eigenvalue weighted by molar-refractivity contribution is -0.573. The molecule has 4 bridgehead atoms. The fourth-order valence-electron chi connectivity index (χ4n) is 11.9. The van der Waals surface area contributed by atoms with Gasteiger partial charge >= 0.3 is 6.09 Å². The second kappa shape index (κ2) is 12.5. The molecule has 0 radical (unpaired) electrons. The Kier molecular flexibility index (Phi) is 8.62. The van der Waals surface area contributed by atoms with Gasteiger partial charge < -0.3 is 23.7 Å². The summed E-state index contributed by atoms with van der Waals surface area (Å²) in [7, 11) is 0. The van der Waals surface area contributed by atoms with Crippen molar-refractivity contribution in [3.05, 3.63) is 29.3 Å². The predicted molar refractivity (Wildman–Crippen MR) is 184 cm³/mol. The zero-order valence-corrected chi connectivity index (χ0v) is 31.4. The van der Waals surface area contributed by atoms with E-state index in [0.717, 1.165) is 51.4 Å². The van der Waals surface area contributed by atoms with Crippen LogP contribution in [0.2, 0.25) is 5.02 Å². The highest BCUT2D eigenvalue weighted by Gasteiger charge is 2.72. The van der Waals surface area contributed by atoms with E-state index in [1.54, 1.807) is 24.3 Å². The van der Waals surface area contributed by atoms with Crippen LogP contribution >= 0.6 is 11.6 Å². The fraction of sp³-hybridized carbons (Fsp3) is 0.821. The van der Waals surface area contributed by atoms with Crippen molar-refractivity contribution in [3.63, 3.8) is 0 Å². The summed E-state index contributed by atoms with van der Waals surface area (Å²) in [4.78, 5) is 38.8. The van der Waals surface area contributed by atoms with Crippen LogP contribution in [0.3, 0.4) is 0 Å². The van der Waals surface area contributed by atoms with E-state index in [1.165, 1.54) is 0 Å². The molecule has 0 aromatic heterocycles. The van der Waals surface area contributed by atoms with Crippen LogP contribution < -0.4 is 5.32 Å². The van der Waals surface area contributed by atoms with Gasteiger partial charge in [-0.05, 0) is 106 Å². The van der Waals surface area contributed by atoms with Crippen molar-refractivity contribution in [3.8, 4) is 0 Å². The van der Waals surface area contributed by atoms with Crippen molar-refractivity contribution >= 4 is 23.4 Å². The molecule has 51 heavy (non-hydrogen) atoms. The summed E-state index contributed by atoms with van der Waals surface area (Å²) in [5, 5.41) is 3.42. The summed E-state index contributed by atoms with van der Waals surface area (Å²) in [5.41, 5.74) is -0.861. The first-order valence-electron chi connectivity index (χ1n) is 19.5. The Balaban J connectivity index is 1.05. The third kappa shape index (κ3) is 5.46. The van der Waals surface area contributed by atoms with Gasteiger partial charge in [0.1, 0.15) is 12.2 Å². The maximum atomic E-state index is 13.8. The molecule has 2 aliphatic carbocycles. The summed E-state index contributed by atoms with van der Waals surface area (Å²) in [5.74, 6) is -0.162. The second-order valence-corrected chi connectivity index (χ2v) is 18.1. The monoisotopic (exact) mass is 731 g/mol. The van der Waals surface area contributed by atoms with E-state index >= 15 is 0 Å². The first-order chi connectivity index (χ1) is 24.3. The quantitative estimate of drug-likeness (QED) is 0.298. The lowest BCUT2D eigenvalue weighted by atomic mass is 9.56. The SMILES string of the molecule is C[C@H]1[C@@H]([C@H](C[C@H]2O[C@@H]3O[C@]4(C)CC[C@H]5[C@H](C)CC[C@@H]([C@H]2C)[C@@]35OO4)OC(=O)Nc2cccc(Cl)c2)O[C@@H]2O[C@]3(C)CC[C@H]4[C@H](C)CC[C@@H]1[C@@]24OO3. The summed E-state index contributed by atoms with van der Waals surface area (Å²) in [6.45, 7) is 12.9. The van der Waals surface area contributed by atoms with Gasteiger partial charge in [0, 0.05) is 41.8 Å². The highest BCUT2D eigenvalue weighted by atomic mass is 35.5. The van der Waals surface area contributed by atoms with Gasteiger partial charge in [-0.3, -0.25) is 5.32 Å². The summed E-state index contributed by atoms with van der Waals surface area (Å²) in [6.07, 6.45) is 4.55. The van der Waals surface area contributed by atoms with E-state index < -0.39 is 53.7 Å². The number of anilines is 1. The molecule has 8 saturated heterocycles. The normalized spacial score (nSPS) is 51.7. The molecular formula is C39H54ClNO10. The lowest BCUT2D eigenvalue weighted by Gasteiger charge is -2.62. The van der Waals surface area contributed by atoms with Gasteiger partial charge in [-0.1, -0.05) is 45.4 Å². The number of rotatable bonds is 5. The molecule has 2 spiro atoms. The highest BCUT2D eigenvalue weighted by molar-refractivity contribution is 6.30. The molecule has 10 aliphatic rings. The minimum Gasteiger partial charge on any atom is -0.443 e. The Morgan fingerprint density at radius 3 is 2.00 bits per heavy atom. The average Bonchev–Trinajstić information content (AvgIpc) is 3.46. The highest BCUT2D eigenvalue weighted by Crippen LogP contribution is 2.63. The van der Waals surface area contributed by atoms with E-state index in [-0.39, 0.29) is 41.6 Å². The Morgan fingerprint density at radius 1 is 0.804 bits per heavy atom. The summed E-state index contributed by atoms with van der Waals surface area (Å²) in [6, 6.07) is 7.05. The van der Waals surface area contributed by atoms with Gasteiger partial charge in [-0.15, -0.1) is 0 Å². The molecule has 11 nitrogen and oxygen atoms in total. The zero-order valence-electron chi connectivity index (χ0n) is 30.6. The maximum Gasteiger partial charge on any atom is 0.411 e. The molecule has 8 heterocycles. The van der Waals surface area contributed by atoms with Crippen LogP contribution in [-0.2, 0) is 43.2 Å². The Hall–Kier alpha value is -1.54.